The highest BCUT2D eigenvalue weighted by Gasteiger charge is 2.11. The van der Waals surface area contributed by atoms with Crippen molar-refractivity contribution in [3.8, 4) is 23.0 Å². The van der Waals surface area contributed by atoms with E-state index in [1.165, 1.54) is 6.07 Å². The molecule has 0 spiro atoms. The van der Waals surface area contributed by atoms with Gasteiger partial charge in [-0.25, -0.2) is 0 Å². The van der Waals surface area contributed by atoms with Gasteiger partial charge in [0.25, 0.3) is 0 Å². The third kappa shape index (κ3) is 3.17. The smallest absolute Gasteiger partial charge is 0.201 e. The summed E-state index contributed by atoms with van der Waals surface area (Å²) in [4.78, 5) is 0. The second-order valence-corrected chi connectivity index (χ2v) is 4.39. The SMILES string of the molecule is CC(O)Cc1ccccc1Oc1cccc(O)c1O. The van der Waals surface area contributed by atoms with Gasteiger partial charge in [-0.15, -0.1) is 0 Å². The van der Waals surface area contributed by atoms with Gasteiger partial charge in [-0.05, 0) is 30.7 Å². The van der Waals surface area contributed by atoms with Gasteiger partial charge in [0.15, 0.2) is 11.5 Å². The molecule has 1 atom stereocenters. The lowest BCUT2D eigenvalue weighted by Gasteiger charge is -2.13. The minimum absolute atomic E-state index is 0.179. The number of aliphatic hydroxyl groups excluding tert-OH is 1. The maximum absolute atomic E-state index is 9.71. The summed E-state index contributed by atoms with van der Waals surface area (Å²) in [5, 5.41) is 28.6. The molecule has 0 bridgehead atoms. The van der Waals surface area contributed by atoms with E-state index in [0.29, 0.717) is 12.2 Å². The van der Waals surface area contributed by atoms with E-state index in [-0.39, 0.29) is 17.2 Å². The van der Waals surface area contributed by atoms with Crippen molar-refractivity contribution in [3.05, 3.63) is 48.0 Å². The Labute approximate surface area is 111 Å². The molecule has 19 heavy (non-hydrogen) atoms. The molecule has 0 radical (unpaired) electrons. The fourth-order valence-corrected chi connectivity index (χ4v) is 1.80. The largest absolute Gasteiger partial charge is 0.504 e. The summed E-state index contributed by atoms with van der Waals surface area (Å²) >= 11 is 0. The Hall–Kier alpha value is -2.20. The van der Waals surface area contributed by atoms with Crippen molar-refractivity contribution in [1.29, 1.82) is 0 Å². The van der Waals surface area contributed by atoms with E-state index in [1.807, 2.05) is 12.1 Å². The second-order valence-electron chi connectivity index (χ2n) is 4.39. The Morgan fingerprint density at radius 1 is 1.00 bits per heavy atom. The summed E-state index contributed by atoms with van der Waals surface area (Å²) < 4.78 is 5.60. The van der Waals surface area contributed by atoms with Crippen molar-refractivity contribution in [1.82, 2.24) is 0 Å². The minimum Gasteiger partial charge on any atom is -0.504 e. The van der Waals surface area contributed by atoms with E-state index in [2.05, 4.69) is 0 Å². The molecule has 0 amide bonds. The van der Waals surface area contributed by atoms with E-state index in [1.54, 1.807) is 31.2 Å². The van der Waals surface area contributed by atoms with Gasteiger partial charge in [-0.2, -0.15) is 0 Å². The van der Waals surface area contributed by atoms with E-state index in [4.69, 9.17) is 4.74 Å². The molecule has 0 saturated heterocycles. The van der Waals surface area contributed by atoms with Gasteiger partial charge in [0.1, 0.15) is 5.75 Å². The van der Waals surface area contributed by atoms with Crippen LogP contribution in [0.5, 0.6) is 23.0 Å². The molecular formula is C15H16O4. The molecule has 2 aromatic carbocycles. The van der Waals surface area contributed by atoms with Crippen molar-refractivity contribution in [2.75, 3.05) is 0 Å². The predicted octanol–water partition coefficient (Wildman–Crippen LogP) is 2.81. The zero-order valence-corrected chi connectivity index (χ0v) is 10.6. The molecule has 0 fully saturated rings. The fourth-order valence-electron chi connectivity index (χ4n) is 1.80. The Morgan fingerprint density at radius 2 is 1.68 bits per heavy atom. The summed E-state index contributed by atoms with van der Waals surface area (Å²) in [5.74, 6) is 0.196. The van der Waals surface area contributed by atoms with Gasteiger partial charge in [0.05, 0.1) is 6.10 Å². The summed E-state index contributed by atoms with van der Waals surface area (Å²) in [7, 11) is 0. The number of aliphatic hydroxyl groups is 1. The van der Waals surface area contributed by atoms with E-state index >= 15 is 0 Å². The van der Waals surface area contributed by atoms with Crippen molar-refractivity contribution < 1.29 is 20.1 Å². The number of benzene rings is 2. The number of rotatable bonds is 4. The van der Waals surface area contributed by atoms with E-state index in [0.717, 1.165) is 5.56 Å². The normalized spacial score (nSPS) is 12.1. The highest BCUT2D eigenvalue weighted by Crippen LogP contribution is 2.38. The predicted molar refractivity (Wildman–Crippen MR) is 71.7 cm³/mol. The molecule has 1 unspecified atom stereocenters. The van der Waals surface area contributed by atoms with Crippen LogP contribution in [0, 0.1) is 0 Å². The quantitative estimate of drug-likeness (QED) is 0.739. The molecule has 2 rings (SSSR count). The molecule has 0 aromatic heterocycles. The summed E-state index contributed by atoms with van der Waals surface area (Å²) in [6.07, 6.45) is -0.0297. The Morgan fingerprint density at radius 3 is 2.42 bits per heavy atom. The third-order valence-corrected chi connectivity index (χ3v) is 2.69. The highest BCUT2D eigenvalue weighted by atomic mass is 16.5. The lowest BCUT2D eigenvalue weighted by Crippen LogP contribution is -2.05. The molecule has 0 aliphatic rings. The van der Waals surface area contributed by atoms with Crippen LogP contribution in [0.25, 0.3) is 0 Å². The Kier molecular flexibility index (Phi) is 3.92. The lowest BCUT2D eigenvalue weighted by atomic mass is 10.1. The molecule has 0 aliphatic carbocycles. The first kappa shape index (κ1) is 13.2. The van der Waals surface area contributed by atoms with Crippen molar-refractivity contribution in [3.63, 3.8) is 0 Å². The Bertz CT molecular complexity index is 564. The zero-order valence-electron chi connectivity index (χ0n) is 10.6. The number of para-hydroxylation sites is 2. The molecule has 0 aliphatic heterocycles. The lowest BCUT2D eigenvalue weighted by molar-refractivity contribution is 0.194. The molecule has 4 heteroatoms. The van der Waals surface area contributed by atoms with Crippen LogP contribution in [0.3, 0.4) is 0 Å². The molecule has 0 heterocycles. The molecular weight excluding hydrogens is 244 g/mol. The number of hydrogen-bond acceptors (Lipinski definition) is 4. The van der Waals surface area contributed by atoms with Gasteiger partial charge >= 0.3 is 0 Å². The first-order chi connectivity index (χ1) is 9.08. The van der Waals surface area contributed by atoms with Crippen LogP contribution < -0.4 is 4.74 Å². The number of hydrogen-bond donors (Lipinski definition) is 3. The first-order valence-corrected chi connectivity index (χ1v) is 6.02. The number of aromatic hydroxyl groups is 2. The molecule has 4 nitrogen and oxygen atoms in total. The monoisotopic (exact) mass is 260 g/mol. The Balaban J connectivity index is 2.30. The van der Waals surface area contributed by atoms with E-state index < -0.39 is 6.10 Å². The van der Waals surface area contributed by atoms with Crippen molar-refractivity contribution in [2.45, 2.75) is 19.4 Å². The third-order valence-electron chi connectivity index (χ3n) is 2.69. The maximum Gasteiger partial charge on any atom is 0.201 e. The van der Waals surface area contributed by atoms with Crippen LogP contribution in [-0.2, 0) is 6.42 Å². The standard InChI is InChI=1S/C15H16O4/c1-10(16)9-11-5-2-3-7-13(11)19-14-8-4-6-12(17)15(14)18/h2-8,10,16-18H,9H2,1H3. The highest BCUT2D eigenvalue weighted by molar-refractivity contribution is 5.51. The van der Waals surface area contributed by atoms with Crippen LogP contribution in [0.2, 0.25) is 0 Å². The average molecular weight is 260 g/mol. The van der Waals surface area contributed by atoms with Gasteiger partial charge in [-0.1, -0.05) is 24.3 Å². The van der Waals surface area contributed by atoms with Crippen LogP contribution in [0.1, 0.15) is 12.5 Å². The second kappa shape index (κ2) is 5.63. The van der Waals surface area contributed by atoms with Gasteiger partial charge < -0.3 is 20.1 Å². The fraction of sp³-hybridized carbons (Fsp3) is 0.200. The number of phenolic OH excluding ortho intramolecular Hbond substituents is 2. The van der Waals surface area contributed by atoms with Crippen molar-refractivity contribution in [2.24, 2.45) is 0 Å². The average Bonchev–Trinajstić information content (AvgIpc) is 2.36. The van der Waals surface area contributed by atoms with Crippen molar-refractivity contribution >= 4 is 0 Å². The van der Waals surface area contributed by atoms with Crippen LogP contribution in [0.15, 0.2) is 42.5 Å². The maximum atomic E-state index is 9.71. The molecule has 3 N–H and O–H groups in total. The topological polar surface area (TPSA) is 69.9 Å². The first-order valence-electron chi connectivity index (χ1n) is 6.02. The van der Waals surface area contributed by atoms with Crippen LogP contribution in [-0.4, -0.2) is 21.4 Å². The summed E-state index contributed by atoms with van der Waals surface area (Å²) in [6, 6.07) is 11.8. The summed E-state index contributed by atoms with van der Waals surface area (Å²) in [6.45, 7) is 1.70. The zero-order chi connectivity index (χ0) is 13.8. The number of ether oxygens (including phenoxy) is 1. The van der Waals surface area contributed by atoms with Gasteiger partial charge in [-0.3, -0.25) is 0 Å². The molecule has 2 aromatic rings. The molecule has 0 saturated carbocycles. The van der Waals surface area contributed by atoms with Gasteiger partial charge in [0.2, 0.25) is 5.75 Å². The van der Waals surface area contributed by atoms with E-state index in [9.17, 15) is 15.3 Å². The van der Waals surface area contributed by atoms with Crippen LogP contribution in [0.4, 0.5) is 0 Å². The van der Waals surface area contributed by atoms with Gasteiger partial charge in [0, 0.05) is 6.42 Å². The number of phenols is 2. The minimum atomic E-state index is -0.484. The van der Waals surface area contributed by atoms with Crippen LogP contribution >= 0.6 is 0 Å². The molecule has 100 valence electrons. The summed E-state index contributed by atoms with van der Waals surface area (Å²) in [5.41, 5.74) is 0.834.